The lowest BCUT2D eigenvalue weighted by atomic mass is 9.81. The largest absolute Gasteiger partial charge is 0.492 e. The Balaban J connectivity index is 2.72. The number of nitrogens with one attached hydrogen (secondary N) is 1. The van der Waals surface area contributed by atoms with Gasteiger partial charge in [0.25, 0.3) is 0 Å². The molecule has 0 aliphatic rings. The summed E-state index contributed by atoms with van der Waals surface area (Å²) in [6.45, 7) is 15.1. The molecule has 1 N–H and O–H groups in total. The van der Waals surface area contributed by atoms with Crippen molar-refractivity contribution in [2.24, 2.45) is 0 Å². The second-order valence-electron chi connectivity index (χ2n) is 7.30. The summed E-state index contributed by atoms with van der Waals surface area (Å²) in [6.07, 6.45) is 2.13. The molecule has 0 saturated carbocycles. The normalized spacial score (nSPS) is 12.5. The molecule has 0 aromatic heterocycles. The van der Waals surface area contributed by atoms with Crippen molar-refractivity contribution in [3.05, 3.63) is 28.2 Å². The second kappa shape index (κ2) is 7.64. The molecule has 21 heavy (non-hydrogen) atoms. The molecule has 1 aromatic carbocycles. The lowest BCUT2D eigenvalue weighted by Gasteiger charge is -2.29. The molecule has 0 fully saturated rings. The summed E-state index contributed by atoms with van der Waals surface area (Å²) in [5.74, 6) is 0.934. The van der Waals surface area contributed by atoms with Gasteiger partial charge in [0.2, 0.25) is 0 Å². The van der Waals surface area contributed by atoms with Crippen LogP contribution in [0.2, 0.25) is 0 Å². The van der Waals surface area contributed by atoms with Crippen LogP contribution < -0.4 is 10.1 Å². The van der Waals surface area contributed by atoms with E-state index in [1.54, 1.807) is 0 Å². The molecule has 1 rings (SSSR count). The average Bonchev–Trinajstić information content (AvgIpc) is 2.35. The van der Waals surface area contributed by atoms with Crippen LogP contribution in [0.25, 0.3) is 0 Å². The van der Waals surface area contributed by atoms with Crippen molar-refractivity contribution in [3.8, 4) is 5.75 Å². The smallest absolute Gasteiger partial charge is 0.133 e. The summed E-state index contributed by atoms with van der Waals surface area (Å²) in [6, 6.07) is 6.46. The highest BCUT2D eigenvalue weighted by Gasteiger charge is 2.22. The van der Waals surface area contributed by atoms with Gasteiger partial charge in [-0.3, -0.25) is 0 Å². The summed E-state index contributed by atoms with van der Waals surface area (Å²) in [4.78, 5) is 0. The number of benzene rings is 1. The number of rotatable bonds is 7. The van der Waals surface area contributed by atoms with E-state index in [2.05, 4.69) is 81.0 Å². The number of hydrogen-bond donors (Lipinski definition) is 1. The van der Waals surface area contributed by atoms with Crippen molar-refractivity contribution in [3.63, 3.8) is 0 Å². The van der Waals surface area contributed by atoms with E-state index in [1.807, 2.05) is 0 Å². The Bertz CT molecular complexity index is 449. The fraction of sp³-hybridized carbons (Fsp3) is 0.667. The third-order valence-electron chi connectivity index (χ3n) is 3.58. The van der Waals surface area contributed by atoms with Gasteiger partial charge in [-0.2, -0.15) is 0 Å². The van der Waals surface area contributed by atoms with E-state index in [1.165, 1.54) is 5.56 Å². The van der Waals surface area contributed by atoms with Gasteiger partial charge in [0.1, 0.15) is 5.75 Å². The minimum atomic E-state index is 0.143. The van der Waals surface area contributed by atoms with Gasteiger partial charge in [0, 0.05) is 5.54 Å². The van der Waals surface area contributed by atoms with Crippen LogP contribution in [-0.2, 0) is 5.41 Å². The zero-order chi connectivity index (χ0) is 16.1. The van der Waals surface area contributed by atoms with Crippen molar-refractivity contribution in [2.75, 3.05) is 13.2 Å². The van der Waals surface area contributed by atoms with E-state index in [4.69, 9.17) is 4.74 Å². The maximum absolute atomic E-state index is 5.72. The van der Waals surface area contributed by atoms with Gasteiger partial charge in [-0.15, -0.1) is 0 Å². The predicted octanol–water partition coefficient (Wildman–Crippen LogP) is 5.29. The highest BCUT2D eigenvalue weighted by Crippen LogP contribution is 2.33. The van der Waals surface area contributed by atoms with E-state index in [9.17, 15) is 0 Å². The van der Waals surface area contributed by atoms with Crippen LogP contribution in [0.1, 0.15) is 59.9 Å². The quantitative estimate of drug-likeness (QED) is 0.716. The Morgan fingerprint density at radius 2 is 1.81 bits per heavy atom. The summed E-state index contributed by atoms with van der Waals surface area (Å²) in [5, 5.41) is 3.57. The summed E-state index contributed by atoms with van der Waals surface area (Å²) >= 11 is 3.63. The van der Waals surface area contributed by atoms with E-state index < -0.39 is 0 Å². The SMILES string of the molecule is CCCOc1ccc(C(C)(C)CCNC(C)(C)C)cc1Br. The molecule has 2 nitrogen and oxygen atoms in total. The van der Waals surface area contributed by atoms with Crippen molar-refractivity contribution in [2.45, 2.75) is 65.3 Å². The van der Waals surface area contributed by atoms with E-state index >= 15 is 0 Å². The average molecular weight is 356 g/mol. The minimum Gasteiger partial charge on any atom is -0.492 e. The van der Waals surface area contributed by atoms with Crippen LogP contribution in [-0.4, -0.2) is 18.7 Å². The van der Waals surface area contributed by atoms with Gasteiger partial charge >= 0.3 is 0 Å². The summed E-state index contributed by atoms with van der Waals surface area (Å²) in [5.41, 5.74) is 1.66. The molecule has 0 atom stereocenters. The van der Waals surface area contributed by atoms with Gasteiger partial charge in [-0.1, -0.05) is 26.8 Å². The summed E-state index contributed by atoms with van der Waals surface area (Å²) < 4.78 is 6.77. The van der Waals surface area contributed by atoms with E-state index in [0.29, 0.717) is 0 Å². The van der Waals surface area contributed by atoms with Crippen LogP contribution in [0.3, 0.4) is 0 Å². The summed E-state index contributed by atoms with van der Waals surface area (Å²) in [7, 11) is 0. The minimum absolute atomic E-state index is 0.143. The Morgan fingerprint density at radius 3 is 2.33 bits per heavy atom. The molecule has 0 aliphatic heterocycles. The third-order valence-corrected chi connectivity index (χ3v) is 4.20. The van der Waals surface area contributed by atoms with Crippen LogP contribution in [0.15, 0.2) is 22.7 Å². The topological polar surface area (TPSA) is 21.3 Å². The number of ether oxygens (including phenoxy) is 1. The first-order chi connectivity index (χ1) is 9.65. The van der Waals surface area contributed by atoms with Gasteiger partial charge in [-0.25, -0.2) is 0 Å². The zero-order valence-electron chi connectivity index (χ0n) is 14.3. The van der Waals surface area contributed by atoms with E-state index in [0.717, 1.165) is 36.2 Å². The van der Waals surface area contributed by atoms with Crippen LogP contribution >= 0.6 is 15.9 Å². The molecule has 120 valence electrons. The number of halogens is 1. The van der Waals surface area contributed by atoms with Gasteiger partial charge in [-0.05, 0) is 79.2 Å². The standard InChI is InChI=1S/C18H30BrNO/c1-7-12-21-16-9-8-14(13-15(16)19)18(5,6)10-11-20-17(2,3)4/h8-9,13,20H,7,10-12H2,1-6H3. The van der Waals surface area contributed by atoms with Crippen LogP contribution in [0.4, 0.5) is 0 Å². The molecule has 0 aliphatic carbocycles. The van der Waals surface area contributed by atoms with Gasteiger partial charge < -0.3 is 10.1 Å². The van der Waals surface area contributed by atoms with Gasteiger partial charge in [0.05, 0.1) is 11.1 Å². The molecule has 0 radical (unpaired) electrons. The van der Waals surface area contributed by atoms with Crippen molar-refractivity contribution in [1.29, 1.82) is 0 Å². The van der Waals surface area contributed by atoms with Crippen LogP contribution in [0.5, 0.6) is 5.75 Å². The first-order valence-corrected chi connectivity index (χ1v) is 8.63. The lowest BCUT2D eigenvalue weighted by Crippen LogP contribution is -2.38. The third kappa shape index (κ3) is 6.39. The molecule has 0 bridgehead atoms. The molecular weight excluding hydrogens is 326 g/mol. The van der Waals surface area contributed by atoms with Crippen LogP contribution in [0, 0.1) is 0 Å². The van der Waals surface area contributed by atoms with Gasteiger partial charge in [0.15, 0.2) is 0 Å². The first-order valence-electron chi connectivity index (χ1n) is 7.83. The fourth-order valence-electron chi connectivity index (χ4n) is 2.15. The molecule has 3 heteroatoms. The molecule has 1 aromatic rings. The first kappa shape index (κ1) is 18.5. The Kier molecular flexibility index (Phi) is 6.73. The molecule has 0 spiro atoms. The highest BCUT2D eigenvalue weighted by molar-refractivity contribution is 9.10. The van der Waals surface area contributed by atoms with Crippen molar-refractivity contribution in [1.82, 2.24) is 5.32 Å². The van der Waals surface area contributed by atoms with Crippen molar-refractivity contribution >= 4 is 15.9 Å². The molecule has 0 heterocycles. The predicted molar refractivity (Wildman–Crippen MR) is 95.3 cm³/mol. The Labute approximate surface area is 138 Å². The Morgan fingerprint density at radius 1 is 1.14 bits per heavy atom. The maximum atomic E-state index is 5.72. The zero-order valence-corrected chi connectivity index (χ0v) is 15.9. The molecular formula is C18H30BrNO. The molecule has 0 saturated heterocycles. The monoisotopic (exact) mass is 355 g/mol. The second-order valence-corrected chi connectivity index (χ2v) is 8.16. The lowest BCUT2D eigenvalue weighted by molar-refractivity contribution is 0.315. The molecule has 0 unspecified atom stereocenters. The van der Waals surface area contributed by atoms with E-state index in [-0.39, 0.29) is 11.0 Å². The Hall–Kier alpha value is -0.540. The maximum Gasteiger partial charge on any atom is 0.133 e. The van der Waals surface area contributed by atoms with Crippen molar-refractivity contribution < 1.29 is 4.74 Å². The highest BCUT2D eigenvalue weighted by atomic mass is 79.9. The molecule has 0 amide bonds. The number of hydrogen-bond acceptors (Lipinski definition) is 2. The fourth-order valence-corrected chi connectivity index (χ4v) is 2.64.